The van der Waals surface area contributed by atoms with Crippen LogP contribution in [0, 0.1) is 11.6 Å². The maximum atomic E-state index is 13.6. The average Bonchev–Trinajstić information content (AvgIpc) is 2.74. The molecule has 0 saturated heterocycles. The zero-order chi connectivity index (χ0) is 21.5. The van der Waals surface area contributed by atoms with Gasteiger partial charge in [0.15, 0.2) is 0 Å². The fraction of sp³-hybridized carbons (Fsp3) is 0.0952. The minimum atomic E-state index is -1.12. The van der Waals surface area contributed by atoms with E-state index >= 15 is 0 Å². The first-order valence-corrected chi connectivity index (χ1v) is 8.82. The Bertz CT molecular complexity index is 1040. The van der Waals surface area contributed by atoms with Gasteiger partial charge in [0.2, 0.25) is 5.88 Å². The summed E-state index contributed by atoms with van der Waals surface area (Å²) in [6.45, 7) is 0.318. The number of carboxylic acid groups (broad SMARTS) is 1. The molecule has 0 bridgehead atoms. The Balaban J connectivity index is 1.66. The van der Waals surface area contributed by atoms with E-state index in [9.17, 15) is 18.4 Å². The van der Waals surface area contributed by atoms with E-state index in [2.05, 4.69) is 15.6 Å². The topological polar surface area (TPSA) is 101 Å². The molecular weight excluding hydrogens is 396 g/mol. The van der Waals surface area contributed by atoms with Gasteiger partial charge < -0.3 is 20.5 Å². The first-order valence-electron chi connectivity index (χ1n) is 8.82. The summed E-state index contributed by atoms with van der Waals surface area (Å²) in [6, 6.07) is 13.0. The molecule has 0 aliphatic carbocycles. The van der Waals surface area contributed by atoms with Crippen LogP contribution < -0.4 is 15.4 Å². The number of rotatable bonds is 7. The van der Waals surface area contributed by atoms with Crippen LogP contribution in [0.5, 0.6) is 11.6 Å². The molecule has 2 amide bonds. The second-order valence-corrected chi connectivity index (χ2v) is 6.22. The molecule has 1 aromatic heterocycles. The van der Waals surface area contributed by atoms with Gasteiger partial charge in [-0.2, -0.15) is 0 Å². The van der Waals surface area contributed by atoms with E-state index in [1.165, 1.54) is 24.3 Å². The largest absolute Gasteiger partial charge is 0.465 e. The van der Waals surface area contributed by atoms with Crippen molar-refractivity contribution in [3.05, 3.63) is 89.1 Å². The Morgan fingerprint density at radius 1 is 0.900 bits per heavy atom. The number of halogens is 2. The highest BCUT2D eigenvalue weighted by Gasteiger charge is 2.16. The number of carbonyl (C=O) groups excluding carboxylic acids is 1. The second kappa shape index (κ2) is 9.46. The van der Waals surface area contributed by atoms with Crippen LogP contribution in [0.25, 0.3) is 0 Å². The molecule has 0 radical (unpaired) electrons. The smallest absolute Gasteiger partial charge is 0.404 e. The quantitative estimate of drug-likeness (QED) is 0.546. The molecule has 2 aromatic carbocycles. The first-order chi connectivity index (χ1) is 14.4. The summed E-state index contributed by atoms with van der Waals surface area (Å²) >= 11 is 0. The summed E-state index contributed by atoms with van der Waals surface area (Å²) in [5.74, 6) is -1.62. The number of hydrogen-bond donors (Lipinski definition) is 3. The summed E-state index contributed by atoms with van der Waals surface area (Å²) in [6.07, 6.45) is -0.201. The lowest BCUT2D eigenvalue weighted by Gasteiger charge is -2.11. The molecule has 0 atom stereocenters. The van der Waals surface area contributed by atoms with Crippen LogP contribution in [0.2, 0.25) is 0 Å². The molecule has 0 unspecified atom stereocenters. The number of nitrogens with one attached hydrogen (secondary N) is 2. The lowest BCUT2D eigenvalue weighted by molar-refractivity contribution is 0.0947. The van der Waals surface area contributed by atoms with Crippen molar-refractivity contribution in [3.63, 3.8) is 0 Å². The lowest BCUT2D eigenvalue weighted by atomic mass is 10.1. The van der Waals surface area contributed by atoms with Gasteiger partial charge in [0.05, 0.1) is 6.20 Å². The normalized spacial score (nSPS) is 10.3. The van der Waals surface area contributed by atoms with Gasteiger partial charge in [0.25, 0.3) is 5.91 Å². The fourth-order valence-electron chi connectivity index (χ4n) is 2.52. The van der Waals surface area contributed by atoms with Crippen molar-refractivity contribution >= 4 is 12.0 Å². The third-order valence-electron chi connectivity index (χ3n) is 4.01. The van der Waals surface area contributed by atoms with Gasteiger partial charge in [-0.25, -0.2) is 18.6 Å². The SMILES string of the molecule is O=C(O)NCc1ccc(CNC(=O)c2cc(F)cnc2Oc2ccc(F)cc2)cc1. The van der Waals surface area contributed by atoms with E-state index in [1.54, 1.807) is 24.3 Å². The summed E-state index contributed by atoms with van der Waals surface area (Å²) in [5.41, 5.74) is 1.41. The monoisotopic (exact) mass is 413 g/mol. The Morgan fingerprint density at radius 2 is 1.50 bits per heavy atom. The standard InChI is InChI=1S/C21H17F2N3O4/c22-15-5-7-17(8-6-15)30-20-18(9-16(23)12-25-20)19(27)24-10-13-1-3-14(4-2-13)11-26-21(28)29/h1-9,12,26H,10-11H2,(H,24,27)(H,28,29). The van der Waals surface area contributed by atoms with Crippen molar-refractivity contribution < 1.29 is 28.2 Å². The number of benzene rings is 2. The summed E-state index contributed by atoms with van der Waals surface area (Å²) in [4.78, 5) is 26.9. The van der Waals surface area contributed by atoms with E-state index in [0.29, 0.717) is 0 Å². The van der Waals surface area contributed by atoms with E-state index in [4.69, 9.17) is 9.84 Å². The Kier molecular flexibility index (Phi) is 6.53. The molecule has 0 saturated carbocycles. The maximum absolute atomic E-state index is 13.6. The number of aromatic nitrogens is 1. The van der Waals surface area contributed by atoms with Gasteiger partial charge in [-0.3, -0.25) is 4.79 Å². The molecule has 0 aliphatic rings. The van der Waals surface area contributed by atoms with Crippen molar-refractivity contribution in [2.24, 2.45) is 0 Å². The van der Waals surface area contributed by atoms with Crippen molar-refractivity contribution in [2.75, 3.05) is 0 Å². The van der Waals surface area contributed by atoms with Gasteiger partial charge in [-0.15, -0.1) is 0 Å². The molecule has 30 heavy (non-hydrogen) atoms. The summed E-state index contributed by atoms with van der Waals surface area (Å²) in [5, 5.41) is 13.5. The van der Waals surface area contributed by atoms with Crippen molar-refractivity contribution in [1.29, 1.82) is 0 Å². The highest BCUT2D eigenvalue weighted by Crippen LogP contribution is 2.24. The van der Waals surface area contributed by atoms with E-state index in [0.717, 1.165) is 23.4 Å². The number of hydrogen-bond acceptors (Lipinski definition) is 4. The van der Waals surface area contributed by atoms with Crippen LogP contribution in [-0.4, -0.2) is 22.1 Å². The molecular formula is C21H17F2N3O4. The van der Waals surface area contributed by atoms with Crippen molar-refractivity contribution in [1.82, 2.24) is 15.6 Å². The molecule has 0 spiro atoms. The molecule has 9 heteroatoms. The molecule has 0 fully saturated rings. The van der Waals surface area contributed by atoms with Crippen LogP contribution in [-0.2, 0) is 13.1 Å². The minimum absolute atomic E-state index is 0.110. The zero-order valence-electron chi connectivity index (χ0n) is 15.6. The molecule has 3 rings (SSSR count). The number of carbonyl (C=O) groups is 2. The zero-order valence-corrected chi connectivity index (χ0v) is 15.6. The molecule has 154 valence electrons. The van der Waals surface area contributed by atoms with Gasteiger partial charge >= 0.3 is 6.09 Å². The second-order valence-electron chi connectivity index (χ2n) is 6.22. The number of nitrogens with zero attached hydrogens (tertiary/aromatic N) is 1. The molecule has 0 aliphatic heterocycles. The molecule has 3 N–H and O–H groups in total. The molecule has 7 nitrogen and oxygen atoms in total. The predicted molar refractivity (Wildman–Crippen MR) is 103 cm³/mol. The minimum Gasteiger partial charge on any atom is -0.465 e. The van der Waals surface area contributed by atoms with Gasteiger partial charge in [-0.05, 0) is 41.5 Å². The van der Waals surface area contributed by atoms with Crippen LogP contribution >= 0.6 is 0 Å². The number of amides is 2. The predicted octanol–water partition coefficient (Wildman–Crippen LogP) is 3.85. The van der Waals surface area contributed by atoms with Crippen LogP contribution in [0.15, 0.2) is 60.8 Å². The number of ether oxygens (including phenoxy) is 1. The van der Waals surface area contributed by atoms with Gasteiger partial charge in [0, 0.05) is 13.1 Å². The summed E-state index contributed by atoms with van der Waals surface area (Å²) in [7, 11) is 0. The van der Waals surface area contributed by atoms with Crippen molar-refractivity contribution in [3.8, 4) is 11.6 Å². The fourth-order valence-corrected chi connectivity index (χ4v) is 2.52. The van der Waals surface area contributed by atoms with E-state index in [1.807, 2.05) is 0 Å². The van der Waals surface area contributed by atoms with Crippen LogP contribution in [0.1, 0.15) is 21.5 Å². The lowest BCUT2D eigenvalue weighted by Crippen LogP contribution is -2.24. The highest BCUT2D eigenvalue weighted by atomic mass is 19.1. The Hall–Kier alpha value is -4.01. The third kappa shape index (κ3) is 5.74. The molecule has 1 heterocycles. The summed E-state index contributed by atoms with van der Waals surface area (Å²) < 4.78 is 32.2. The van der Waals surface area contributed by atoms with Gasteiger partial charge in [-0.1, -0.05) is 24.3 Å². The Labute approximate surface area is 170 Å². The average molecular weight is 413 g/mol. The van der Waals surface area contributed by atoms with E-state index in [-0.39, 0.29) is 30.3 Å². The first kappa shape index (κ1) is 20.7. The van der Waals surface area contributed by atoms with Crippen LogP contribution in [0.4, 0.5) is 13.6 Å². The maximum Gasteiger partial charge on any atom is 0.404 e. The van der Waals surface area contributed by atoms with Crippen LogP contribution in [0.3, 0.4) is 0 Å². The highest BCUT2D eigenvalue weighted by molar-refractivity contribution is 5.96. The molecule has 3 aromatic rings. The third-order valence-corrected chi connectivity index (χ3v) is 4.01. The van der Waals surface area contributed by atoms with E-state index < -0.39 is 23.6 Å². The van der Waals surface area contributed by atoms with Gasteiger partial charge in [0.1, 0.15) is 22.9 Å². The number of pyridine rings is 1. The Morgan fingerprint density at radius 3 is 2.10 bits per heavy atom. The van der Waals surface area contributed by atoms with Crippen molar-refractivity contribution in [2.45, 2.75) is 13.1 Å².